The molecule has 154 valence electrons. The second-order valence-electron chi connectivity index (χ2n) is 7.25. The van der Waals surface area contributed by atoms with Crippen LogP contribution in [0.1, 0.15) is 25.8 Å². The molecule has 2 aliphatic rings. The van der Waals surface area contributed by atoms with Crippen LogP contribution >= 0.6 is 11.8 Å². The summed E-state index contributed by atoms with van der Waals surface area (Å²) in [6, 6.07) is 9.66. The average molecular weight is 423 g/mol. The number of ether oxygens (including phenoxy) is 2. The molecule has 1 amide bonds. The van der Waals surface area contributed by atoms with E-state index in [-0.39, 0.29) is 11.2 Å². The molecule has 1 aliphatic heterocycles. The van der Waals surface area contributed by atoms with Gasteiger partial charge >= 0.3 is 0 Å². The average Bonchev–Trinajstić information content (AvgIpc) is 3.54. The number of carbonyl (C=O) groups excluding carboxylic acids is 1. The highest BCUT2D eigenvalue weighted by Gasteiger charge is 2.31. The van der Waals surface area contributed by atoms with Gasteiger partial charge in [0.2, 0.25) is 5.91 Å². The summed E-state index contributed by atoms with van der Waals surface area (Å²) >= 11 is 1.42. The van der Waals surface area contributed by atoms with Crippen molar-refractivity contribution in [1.82, 2.24) is 19.7 Å². The smallest absolute Gasteiger partial charge is 0.237 e. The number of carbonyl (C=O) groups is 1. The van der Waals surface area contributed by atoms with E-state index < -0.39 is 0 Å². The van der Waals surface area contributed by atoms with E-state index in [1.165, 1.54) is 11.8 Å². The van der Waals surface area contributed by atoms with E-state index in [9.17, 15) is 4.79 Å². The van der Waals surface area contributed by atoms with Gasteiger partial charge in [-0.3, -0.25) is 14.3 Å². The number of thioether (sulfide) groups is 1. The first kappa shape index (κ1) is 18.9. The number of benzene rings is 1. The summed E-state index contributed by atoms with van der Waals surface area (Å²) in [6.45, 7) is 2.92. The maximum absolute atomic E-state index is 12.8. The van der Waals surface area contributed by atoms with Gasteiger partial charge in [0.15, 0.2) is 22.5 Å². The van der Waals surface area contributed by atoms with Crippen LogP contribution in [0.15, 0.2) is 47.9 Å². The van der Waals surface area contributed by atoms with Crippen LogP contribution in [0.2, 0.25) is 0 Å². The lowest BCUT2D eigenvalue weighted by Crippen LogP contribution is -2.23. The van der Waals surface area contributed by atoms with Crippen LogP contribution in [0.5, 0.6) is 11.5 Å². The molecule has 1 fully saturated rings. The highest BCUT2D eigenvalue weighted by atomic mass is 32.2. The minimum atomic E-state index is -0.342. The largest absolute Gasteiger partial charge is 0.486 e. The zero-order chi connectivity index (χ0) is 20.5. The number of hydrogen-bond acceptors (Lipinski definition) is 7. The maximum Gasteiger partial charge on any atom is 0.237 e. The van der Waals surface area contributed by atoms with E-state index in [1.807, 2.05) is 31.2 Å². The summed E-state index contributed by atoms with van der Waals surface area (Å²) in [5.41, 5.74) is 1.66. The summed E-state index contributed by atoms with van der Waals surface area (Å²) in [7, 11) is 0. The van der Waals surface area contributed by atoms with Gasteiger partial charge in [-0.2, -0.15) is 0 Å². The number of nitrogens with zero attached hydrogens (tertiary/aromatic N) is 4. The topological polar surface area (TPSA) is 91.2 Å². The SMILES string of the molecule is C[C@@H](Sc1nnc(-c2ccncc2)n1C1CC1)C(=O)Nc1ccc2c(c1)OCCO2. The Labute approximate surface area is 178 Å². The lowest BCUT2D eigenvalue weighted by atomic mass is 10.2. The first-order valence-electron chi connectivity index (χ1n) is 9.91. The van der Waals surface area contributed by atoms with Crippen LogP contribution in [0, 0.1) is 0 Å². The first-order chi connectivity index (χ1) is 14.7. The van der Waals surface area contributed by atoms with E-state index in [0.29, 0.717) is 36.4 Å². The Hall–Kier alpha value is -3.07. The molecule has 1 atom stereocenters. The van der Waals surface area contributed by atoms with Crippen molar-refractivity contribution in [3.8, 4) is 22.9 Å². The minimum absolute atomic E-state index is 0.104. The van der Waals surface area contributed by atoms with E-state index in [2.05, 4.69) is 25.1 Å². The van der Waals surface area contributed by atoms with Gasteiger partial charge in [0.1, 0.15) is 13.2 Å². The number of rotatable bonds is 6. The van der Waals surface area contributed by atoms with Crippen molar-refractivity contribution in [3.63, 3.8) is 0 Å². The van der Waals surface area contributed by atoms with Crippen molar-refractivity contribution in [2.45, 2.75) is 36.2 Å². The molecule has 8 nitrogen and oxygen atoms in total. The monoisotopic (exact) mass is 423 g/mol. The van der Waals surface area contributed by atoms with Crippen LogP contribution in [0.25, 0.3) is 11.4 Å². The fourth-order valence-electron chi connectivity index (χ4n) is 3.29. The zero-order valence-corrected chi connectivity index (χ0v) is 17.3. The summed E-state index contributed by atoms with van der Waals surface area (Å²) in [5, 5.41) is 12.1. The van der Waals surface area contributed by atoms with Crippen molar-refractivity contribution in [1.29, 1.82) is 0 Å². The summed E-state index contributed by atoms with van der Waals surface area (Å²) < 4.78 is 13.3. The molecule has 30 heavy (non-hydrogen) atoms. The number of pyridine rings is 1. The molecule has 1 N–H and O–H groups in total. The fourth-order valence-corrected chi connectivity index (χ4v) is 4.21. The number of hydrogen-bond donors (Lipinski definition) is 1. The van der Waals surface area contributed by atoms with Crippen LogP contribution in [-0.2, 0) is 4.79 Å². The van der Waals surface area contributed by atoms with Gasteiger partial charge in [-0.25, -0.2) is 0 Å². The van der Waals surface area contributed by atoms with E-state index in [0.717, 1.165) is 29.4 Å². The van der Waals surface area contributed by atoms with Gasteiger partial charge in [-0.05, 0) is 44.0 Å². The standard InChI is InChI=1S/C21H21N5O3S/c1-13(20(27)23-15-2-5-17-18(12-15)29-11-10-28-17)30-21-25-24-19(26(21)16-3-4-16)14-6-8-22-9-7-14/h2,5-9,12-13,16H,3-4,10-11H2,1H3,(H,23,27)/t13-/m1/s1. The van der Waals surface area contributed by atoms with Crippen molar-refractivity contribution < 1.29 is 14.3 Å². The highest BCUT2D eigenvalue weighted by molar-refractivity contribution is 8.00. The summed E-state index contributed by atoms with van der Waals surface area (Å²) in [4.78, 5) is 16.9. The Kier molecular flexibility index (Phi) is 5.04. The summed E-state index contributed by atoms with van der Waals surface area (Å²) in [5.74, 6) is 2.06. The Bertz CT molecular complexity index is 1070. The van der Waals surface area contributed by atoms with E-state index >= 15 is 0 Å². The molecular formula is C21H21N5O3S. The van der Waals surface area contributed by atoms with Crippen molar-refractivity contribution >= 4 is 23.4 Å². The molecule has 0 radical (unpaired) electrons. The quantitative estimate of drug-likeness (QED) is 0.606. The maximum atomic E-state index is 12.8. The Balaban J connectivity index is 1.31. The lowest BCUT2D eigenvalue weighted by molar-refractivity contribution is -0.115. The molecule has 0 unspecified atom stereocenters. The predicted octanol–water partition coefficient (Wildman–Crippen LogP) is 3.57. The molecule has 3 aromatic rings. The van der Waals surface area contributed by atoms with Gasteiger partial charge in [-0.15, -0.1) is 10.2 Å². The van der Waals surface area contributed by atoms with Gasteiger partial charge in [-0.1, -0.05) is 11.8 Å². The van der Waals surface area contributed by atoms with Crippen molar-refractivity contribution in [2.75, 3.05) is 18.5 Å². The lowest BCUT2D eigenvalue weighted by Gasteiger charge is -2.19. The van der Waals surface area contributed by atoms with Crippen molar-refractivity contribution in [2.24, 2.45) is 0 Å². The molecule has 0 saturated heterocycles. The molecular weight excluding hydrogens is 402 g/mol. The van der Waals surface area contributed by atoms with Gasteiger partial charge < -0.3 is 14.8 Å². The third-order valence-corrected chi connectivity index (χ3v) is 6.03. The second kappa shape index (κ2) is 7.98. The van der Waals surface area contributed by atoms with Crippen LogP contribution in [0.4, 0.5) is 5.69 Å². The normalized spacial score (nSPS) is 16.2. The summed E-state index contributed by atoms with van der Waals surface area (Å²) in [6.07, 6.45) is 5.69. The molecule has 9 heteroatoms. The third-order valence-electron chi connectivity index (χ3n) is 4.98. The molecule has 1 aliphatic carbocycles. The molecule has 0 bridgehead atoms. The fraction of sp³-hybridized carbons (Fsp3) is 0.333. The third kappa shape index (κ3) is 3.85. The van der Waals surface area contributed by atoms with Gasteiger partial charge in [0, 0.05) is 35.8 Å². The molecule has 2 aromatic heterocycles. The van der Waals surface area contributed by atoms with Crippen molar-refractivity contribution in [3.05, 3.63) is 42.7 Å². The van der Waals surface area contributed by atoms with Gasteiger partial charge in [0.05, 0.1) is 5.25 Å². The van der Waals surface area contributed by atoms with Crippen LogP contribution in [-0.4, -0.2) is 44.1 Å². The zero-order valence-electron chi connectivity index (χ0n) is 16.4. The Morgan fingerprint density at radius 1 is 1.13 bits per heavy atom. The Morgan fingerprint density at radius 3 is 2.67 bits per heavy atom. The van der Waals surface area contributed by atoms with Gasteiger partial charge in [0.25, 0.3) is 0 Å². The Morgan fingerprint density at radius 2 is 1.90 bits per heavy atom. The number of fused-ring (bicyclic) bond motifs is 1. The minimum Gasteiger partial charge on any atom is -0.486 e. The molecule has 3 heterocycles. The molecule has 1 saturated carbocycles. The number of anilines is 1. The highest BCUT2D eigenvalue weighted by Crippen LogP contribution is 2.41. The second-order valence-corrected chi connectivity index (χ2v) is 8.56. The molecule has 0 spiro atoms. The van der Waals surface area contributed by atoms with Crippen LogP contribution < -0.4 is 14.8 Å². The number of amides is 1. The van der Waals surface area contributed by atoms with E-state index in [1.54, 1.807) is 18.5 Å². The molecule has 1 aromatic carbocycles. The first-order valence-corrected chi connectivity index (χ1v) is 10.8. The molecule has 5 rings (SSSR count). The predicted molar refractivity (Wildman–Crippen MR) is 113 cm³/mol. The van der Waals surface area contributed by atoms with Crippen LogP contribution in [0.3, 0.4) is 0 Å². The number of nitrogens with one attached hydrogen (secondary N) is 1. The number of aromatic nitrogens is 4. The van der Waals surface area contributed by atoms with E-state index in [4.69, 9.17) is 9.47 Å².